The van der Waals surface area contributed by atoms with Crippen LogP contribution in [-0.2, 0) is 0 Å². The van der Waals surface area contributed by atoms with Gasteiger partial charge in [-0.1, -0.05) is 0 Å². The summed E-state index contributed by atoms with van der Waals surface area (Å²) in [5, 5.41) is 17.8. The lowest BCUT2D eigenvalue weighted by Crippen LogP contribution is -2.12. The maximum Gasteiger partial charge on any atom is 0.338 e. The van der Waals surface area contributed by atoms with Crippen LogP contribution in [0.1, 0.15) is 10.4 Å². The summed E-state index contributed by atoms with van der Waals surface area (Å²) in [6.45, 7) is 0. The van der Waals surface area contributed by atoms with Gasteiger partial charge < -0.3 is 15.9 Å². The molecule has 7 heteroatoms. The van der Waals surface area contributed by atoms with Gasteiger partial charge in [-0.3, -0.25) is 0 Å². The minimum Gasteiger partial charge on any atom is -0.505 e. The lowest BCUT2D eigenvalue weighted by molar-refractivity contribution is 0.0697. The topological polar surface area (TPSA) is 95.9 Å². The number of aromatic carboxylic acids is 1. The predicted molar refractivity (Wildman–Crippen MR) is 57.0 cm³/mol. The van der Waals surface area contributed by atoms with E-state index < -0.39 is 17.5 Å². The number of hydrogen-bond donors (Lipinski definition) is 3. The summed E-state index contributed by atoms with van der Waals surface area (Å²) in [5.41, 5.74) is 4.75. The molecule has 0 fully saturated rings. The van der Waals surface area contributed by atoms with E-state index in [0.29, 0.717) is 0 Å². The average Bonchev–Trinajstić information content (AvgIpc) is 2.22. The lowest BCUT2D eigenvalue weighted by atomic mass is 10.1. The Morgan fingerprint density at radius 1 is 1.56 bits per heavy atom. The zero-order chi connectivity index (χ0) is 12.3. The van der Waals surface area contributed by atoms with Crippen molar-refractivity contribution in [3.8, 4) is 5.75 Å². The number of phenols is 1. The molecule has 16 heavy (non-hydrogen) atoms. The molecule has 0 aliphatic rings. The molecule has 1 aromatic carbocycles. The number of carboxylic acids is 1. The fraction of sp³-hybridized carbons (Fsp3) is 0.111. The first-order valence-corrected chi connectivity index (χ1v) is 4.64. The lowest BCUT2D eigenvalue weighted by Gasteiger charge is -2.04. The Morgan fingerprint density at radius 3 is 2.69 bits per heavy atom. The summed E-state index contributed by atoms with van der Waals surface area (Å²) in [5.74, 6) is -3.25. The van der Waals surface area contributed by atoms with Gasteiger partial charge in [-0.25, -0.2) is 14.2 Å². The first-order valence-electron chi connectivity index (χ1n) is 4.10. The molecule has 0 spiro atoms. The minimum atomic E-state index is -1.35. The molecule has 0 heterocycles. The number of amidine groups is 1. The number of nitrogens with zero attached hydrogens (tertiary/aromatic N) is 1. The largest absolute Gasteiger partial charge is 0.505 e. The van der Waals surface area contributed by atoms with E-state index >= 15 is 0 Å². The van der Waals surface area contributed by atoms with Gasteiger partial charge in [0.2, 0.25) is 0 Å². The van der Waals surface area contributed by atoms with Crippen molar-refractivity contribution in [1.82, 2.24) is 0 Å². The smallest absolute Gasteiger partial charge is 0.338 e. The third kappa shape index (κ3) is 2.60. The maximum atomic E-state index is 13.0. The summed E-state index contributed by atoms with van der Waals surface area (Å²) in [6.07, 6.45) is 0. The first-order chi connectivity index (χ1) is 7.45. The molecule has 0 aromatic heterocycles. The van der Waals surface area contributed by atoms with Crippen LogP contribution in [0.5, 0.6) is 5.75 Å². The Labute approximate surface area is 95.0 Å². The molecule has 0 radical (unpaired) electrons. The molecule has 0 amide bonds. The molecule has 86 valence electrons. The van der Waals surface area contributed by atoms with Gasteiger partial charge in [0.25, 0.3) is 0 Å². The van der Waals surface area contributed by atoms with Crippen molar-refractivity contribution in [3.05, 3.63) is 23.5 Å². The number of carboxylic acid groups (broad SMARTS) is 1. The highest BCUT2D eigenvalue weighted by molar-refractivity contribution is 6.28. The molecule has 0 unspecified atom stereocenters. The van der Waals surface area contributed by atoms with Gasteiger partial charge in [0.1, 0.15) is 5.84 Å². The third-order valence-electron chi connectivity index (χ3n) is 1.70. The number of rotatable bonds is 3. The fourth-order valence-corrected chi connectivity index (χ4v) is 1.06. The molecule has 0 aliphatic carbocycles. The van der Waals surface area contributed by atoms with Crippen molar-refractivity contribution in [2.75, 3.05) is 5.88 Å². The summed E-state index contributed by atoms with van der Waals surface area (Å²) in [4.78, 5) is 14.4. The Hall–Kier alpha value is -1.82. The van der Waals surface area contributed by atoms with E-state index in [4.69, 9.17) is 27.5 Å². The molecule has 0 aliphatic heterocycles. The molecule has 0 saturated carbocycles. The van der Waals surface area contributed by atoms with Crippen molar-refractivity contribution >= 4 is 29.1 Å². The number of alkyl halides is 1. The summed E-state index contributed by atoms with van der Waals surface area (Å²) < 4.78 is 13.0. The quantitative estimate of drug-likeness (QED) is 0.427. The van der Waals surface area contributed by atoms with Crippen molar-refractivity contribution in [2.24, 2.45) is 10.7 Å². The van der Waals surface area contributed by atoms with Gasteiger partial charge in [-0.15, -0.1) is 11.6 Å². The number of phenolic OH excluding ortho intramolecular Hbond substituents is 1. The van der Waals surface area contributed by atoms with Crippen LogP contribution in [0.25, 0.3) is 0 Å². The van der Waals surface area contributed by atoms with Gasteiger partial charge in [0, 0.05) is 6.07 Å². The van der Waals surface area contributed by atoms with Crippen molar-refractivity contribution in [2.45, 2.75) is 0 Å². The number of aliphatic imine (C=N–C) groups is 1. The Morgan fingerprint density at radius 2 is 2.19 bits per heavy atom. The second-order valence-electron chi connectivity index (χ2n) is 2.86. The maximum absolute atomic E-state index is 13.0. The highest BCUT2D eigenvalue weighted by atomic mass is 35.5. The Balaban J connectivity index is 3.36. The van der Waals surface area contributed by atoms with Gasteiger partial charge in [-0.2, -0.15) is 0 Å². The van der Waals surface area contributed by atoms with E-state index in [-0.39, 0.29) is 23.0 Å². The number of halogens is 2. The van der Waals surface area contributed by atoms with Crippen LogP contribution < -0.4 is 5.73 Å². The van der Waals surface area contributed by atoms with E-state index in [2.05, 4.69) is 4.99 Å². The van der Waals surface area contributed by atoms with Crippen molar-refractivity contribution in [3.63, 3.8) is 0 Å². The Bertz CT molecular complexity index is 462. The molecule has 0 atom stereocenters. The van der Waals surface area contributed by atoms with Gasteiger partial charge in [0.05, 0.1) is 17.1 Å². The summed E-state index contributed by atoms with van der Waals surface area (Å²) in [7, 11) is 0. The summed E-state index contributed by atoms with van der Waals surface area (Å²) in [6, 6.07) is 1.54. The van der Waals surface area contributed by atoms with Crippen LogP contribution in [0.3, 0.4) is 0 Å². The highest BCUT2D eigenvalue weighted by Crippen LogP contribution is 2.27. The van der Waals surface area contributed by atoms with Crippen molar-refractivity contribution < 1.29 is 19.4 Å². The SMILES string of the molecule is NC(CCl)=Nc1cc(F)c(O)cc1C(=O)O. The van der Waals surface area contributed by atoms with Crippen LogP contribution in [0.15, 0.2) is 17.1 Å². The van der Waals surface area contributed by atoms with E-state index in [1.165, 1.54) is 0 Å². The van der Waals surface area contributed by atoms with E-state index in [1.54, 1.807) is 0 Å². The number of nitrogens with two attached hydrogens (primary N) is 1. The van der Waals surface area contributed by atoms with Crippen LogP contribution in [0.4, 0.5) is 10.1 Å². The van der Waals surface area contributed by atoms with Gasteiger partial charge in [0.15, 0.2) is 11.6 Å². The molecular formula is C9H8ClFN2O3. The van der Waals surface area contributed by atoms with Gasteiger partial charge in [-0.05, 0) is 6.07 Å². The van der Waals surface area contributed by atoms with Crippen LogP contribution in [-0.4, -0.2) is 27.9 Å². The van der Waals surface area contributed by atoms with Crippen LogP contribution in [0.2, 0.25) is 0 Å². The number of hydrogen-bond acceptors (Lipinski definition) is 3. The minimum absolute atomic E-state index is 0.0470. The Kier molecular flexibility index (Phi) is 3.68. The summed E-state index contributed by atoms with van der Waals surface area (Å²) >= 11 is 5.36. The van der Waals surface area contributed by atoms with Crippen molar-refractivity contribution in [1.29, 1.82) is 0 Å². The average molecular weight is 247 g/mol. The molecule has 1 aromatic rings. The fourth-order valence-electron chi connectivity index (χ4n) is 1.000. The standard InChI is InChI=1S/C9H8ClFN2O3/c10-3-8(12)13-6-2-5(11)7(14)1-4(6)9(15)16/h1-2,14H,3H2,(H2,12,13)(H,15,16). The van der Waals surface area contributed by atoms with E-state index in [0.717, 1.165) is 12.1 Å². The zero-order valence-corrected chi connectivity index (χ0v) is 8.70. The monoisotopic (exact) mass is 246 g/mol. The molecule has 0 bridgehead atoms. The first kappa shape index (κ1) is 12.3. The second-order valence-corrected chi connectivity index (χ2v) is 3.13. The molecule has 0 saturated heterocycles. The van der Waals surface area contributed by atoms with Crippen LogP contribution >= 0.6 is 11.6 Å². The molecule has 1 rings (SSSR count). The molecule has 5 nitrogen and oxygen atoms in total. The molecular weight excluding hydrogens is 239 g/mol. The zero-order valence-electron chi connectivity index (χ0n) is 7.94. The second kappa shape index (κ2) is 4.80. The number of carbonyl (C=O) groups is 1. The van der Waals surface area contributed by atoms with Crippen LogP contribution in [0, 0.1) is 5.82 Å². The molecule has 4 N–H and O–H groups in total. The third-order valence-corrected chi connectivity index (χ3v) is 1.97. The van der Waals surface area contributed by atoms with E-state index in [9.17, 15) is 9.18 Å². The number of benzene rings is 1. The normalized spacial score (nSPS) is 11.5. The van der Waals surface area contributed by atoms with E-state index in [1.807, 2.05) is 0 Å². The predicted octanol–water partition coefficient (Wildman–Crippen LogP) is 1.46. The van der Waals surface area contributed by atoms with Gasteiger partial charge >= 0.3 is 5.97 Å². The number of aromatic hydroxyl groups is 1. The highest BCUT2D eigenvalue weighted by Gasteiger charge is 2.14.